The number of halogens is 2. The lowest BCUT2D eigenvalue weighted by molar-refractivity contribution is 0.0697. The highest BCUT2D eigenvalue weighted by Crippen LogP contribution is 2.28. The van der Waals surface area contributed by atoms with Crippen LogP contribution in [0.15, 0.2) is 36.4 Å². The zero-order chi connectivity index (χ0) is 15.1. The lowest BCUT2D eigenvalue weighted by atomic mass is 10.2. The maximum Gasteiger partial charge on any atom is 0.335 e. The second-order valence-electron chi connectivity index (χ2n) is 4.63. The normalized spacial score (nSPS) is 11.0. The lowest BCUT2D eigenvalue weighted by Crippen LogP contribution is -1.95. The molecule has 0 unspecified atom stereocenters. The van der Waals surface area contributed by atoms with Crippen LogP contribution in [0.5, 0.6) is 0 Å². The van der Waals surface area contributed by atoms with E-state index in [9.17, 15) is 4.79 Å². The van der Waals surface area contributed by atoms with Gasteiger partial charge in [-0.2, -0.15) is 0 Å². The second kappa shape index (κ2) is 5.31. The molecule has 0 aliphatic rings. The number of nitrogens with zero attached hydrogens (tertiary/aromatic N) is 2. The van der Waals surface area contributed by atoms with E-state index in [0.29, 0.717) is 10.5 Å². The van der Waals surface area contributed by atoms with Gasteiger partial charge in [-0.15, -0.1) is 0 Å². The van der Waals surface area contributed by atoms with E-state index in [0.717, 1.165) is 20.5 Å². The van der Waals surface area contributed by atoms with Crippen molar-refractivity contribution >= 4 is 51.2 Å². The highest BCUT2D eigenvalue weighted by molar-refractivity contribution is 14.1. The minimum Gasteiger partial charge on any atom is -0.478 e. The van der Waals surface area contributed by atoms with Crippen LogP contribution >= 0.6 is 34.2 Å². The van der Waals surface area contributed by atoms with Gasteiger partial charge in [0.05, 0.1) is 21.6 Å². The summed E-state index contributed by atoms with van der Waals surface area (Å²) in [6.45, 7) is 0. The Labute approximate surface area is 139 Å². The zero-order valence-corrected chi connectivity index (χ0v) is 13.9. The molecule has 3 rings (SSSR count). The van der Waals surface area contributed by atoms with Gasteiger partial charge < -0.3 is 9.67 Å². The Morgan fingerprint density at radius 1 is 1.29 bits per heavy atom. The molecule has 106 valence electrons. The maximum atomic E-state index is 11.0. The first-order chi connectivity index (χ1) is 9.97. The minimum atomic E-state index is -0.957. The molecule has 4 nitrogen and oxygen atoms in total. The van der Waals surface area contributed by atoms with E-state index in [1.165, 1.54) is 0 Å². The SMILES string of the molecule is Cn1c(-c2ccc(I)c(Cl)c2)nc2cc(C(=O)O)ccc21. The van der Waals surface area contributed by atoms with Gasteiger partial charge in [-0.25, -0.2) is 9.78 Å². The Balaban J connectivity index is 2.21. The Morgan fingerprint density at radius 2 is 2.05 bits per heavy atom. The first-order valence-electron chi connectivity index (χ1n) is 6.12. The Morgan fingerprint density at radius 3 is 2.71 bits per heavy atom. The summed E-state index contributed by atoms with van der Waals surface area (Å²) in [6, 6.07) is 10.7. The average Bonchev–Trinajstić information content (AvgIpc) is 2.78. The molecule has 1 N–H and O–H groups in total. The van der Waals surface area contributed by atoms with Gasteiger partial charge in [0.1, 0.15) is 5.82 Å². The van der Waals surface area contributed by atoms with Crippen molar-refractivity contribution in [1.29, 1.82) is 0 Å². The summed E-state index contributed by atoms with van der Waals surface area (Å²) in [5.74, 6) is -0.202. The van der Waals surface area contributed by atoms with Crippen LogP contribution in [-0.2, 0) is 7.05 Å². The van der Waals surface area contributed by atoms with Crippen LogP contribution < -0.4 is 0 Å². The van der Waals surface area contributed by atoms with Gasteiger partial charge in [0, 0.05) is 16.2 Å². The van der Waals surface area contributed by atoms with Gasteiger partial charge in [-0.1, -0.05) is 17.7 Å². The standard InChI is InChI=1S/C15H10ClIN2O2/c1-19-13-5-3-9(15(20)21)7-12(13)18-14(19)8-2-4-11(17)10(16)6-8/h2-7H,1H3,(H,20,21). The first-order valence-corrected chi connectivity index (χ1v) is 7.58. The molecule has 1 heterocycles. The third kappa shape index (κ3) is 2.51. The molecule has 3 aromatic rings. The molecule has 0 aliphatic heterocycles. The van der Waals surface area contributed by atoms with E-state index in [-0.39, 0.29) is 5.56 Å². The zero-order valence-electron chi connectivity index (χ0n) is 11.0. The Bertz CT molecular complexity index is 873. The molecule has 0 saturated heterocycles. The summed E-state index contributed by atoms with van der Waals surface area (Å²) >= 11 is 8.33. The third-order valence-corrected chi connectivity index (χ3v) is 4.88. The van der Waals surface area contributed by atoms with Gasteiger partial charge in [0.25, 0.3) is 0 Å². The molecule has 0 radical (unpaired) electrons. The van der Waals surface area contributed by atoms with Crippen LogP contribution in [0.25, 0.3) is 22.4 Å². The number of aromatic nitrogens is 2. The number of fused-ring (bicyclic) bond motifs is 1. The molecule has 1 aromatic heterocycles. The number of carboxylic acids is 1. The largest absolute Gasteiger partial charge is 0.478 e. The predicted octanol–water partition coefficient (Wildman–Crippen LogP) is 4.20. The van der Waals surface area contributed by atoms with Crippen LogP contribution in [0.4, 0.5) is 0 Å². The van der Waals surface area contributed by atoms with E-state index in [1.807, 2.05) is 29.8 Å². The van der Waals surface area contributed by atoms with Gasteiger partial charge in [0.2, 0.25) is 0 Å². The number of carbonyl (C=O) groups is 1. The Hall–Kier alpha value is -1.60. The molecule has 0 bridgehead atoms. The van der Waals surface area contributed by atoms with Crippen molar-refractivity contribution in [3.8, 4) is 11.4 Å². The van der Waals surface area contributed by atoms with Gasteiger partial charge in [-0.05, 0) is 52.9 Å². The topological polar surface area (TPSA) is 55.1 Å². The average molecular weight is 413 g/mol. The lowest BCUT2D eigenvalue weighted by Gasteiger charge is -2.04. The summed E-state index contributed by atoms with van der Waals surface area (Å²) < 4.78 is 2.91. The number of aromatic carboxylic acids is 1. The summed E-state index contributed by atoms with van der Waals surface area (Å²) in [5.41, 5.74) is 2.66. The summed E-state index contributed by atoms with van der Waals surface area (Å²) in [7, 11) is 1.90. The second-order valence-corrected chi connectivity index (χ2v) is 6.20. The van der Waals surface area contributed by atoms with E-state index in [1.54, 1.807) is 18.2 Å². The molecule has 0 saturated carbocycles. The molecule has 21 heavy (non-hydrogen) atoms. The number of imidazole rings is 1. The van der Waals surface area contributed by atoms with Crippen molar-refractivity contribution in [2.45, 2.75) is 0 Å². The van der Waals surface area contributed by atoms with Crippen molar-refractivity contribution in [2.75, 3.05) is 0 Å². The molecule has 0 spiro atoms. The highest BCUT2D eigenvalue weighted by Gasteiger charge is 2.13. The van der Waals surface area contributed by atoms with Crippen LogP contribution in [-0.4, -0.2) is 20.6 Å². The molecule has 6 heteroatoms. The van der Waals surface area contributed by atoms with Crippen molar-refractivity contribution in [1.82, 2.24) is 9.55 Å². The van der Waals surface area contributed by atoms with E-state index in [4.69, 9.17) is 16.7 Å². The first kappa shape index (κ1) is 14.3. The fraction of sp³-hybridized carbons (Fsp3) is 0.0667. The monoisotopic (exact) mass is 412 g/mol. The van der Waals surface area contributed by atoms with E-state index < -0.39 is 5.97 Å². The van der Waals surface area contributed by atoms with Crippen molar-refractivity contribution in [2.24, 2.45) is 7.05 Å². The van der Waals surface area contributed by atoms with Crippen LogP contribution in [0, 0.1) is 3.57 Å². The van der Waals surface area contributed by atoms with Gasteiger partial charge in [0.15, 0.2) is 0 Å². The smallest absolute Gasteiger partial charge is 0.335 e. The highest BCUT2D eigenvalue weighted by atomic mass is 127. The Kier molecular flexibility index (Phi) is 3.62. The van der Waals surface area contributed by atoms with Crippen molar-refractivity contribution in [3.63, 3.8) is 0 Å². The van der Waals surface area contributed by atoms with Gasteiger partial charge in [-0.3, -0.25) is 0 Å². The summed E-state index contributed by atoms with van der Waals surface area (Å²) in [6.07, 6.45) is 0. The molecular weight excluding hydrogens is 403 g/mol. The van der Waals surface area contributed by atoms with E-state index >= 15 is 0 Å². The van der Waals surface area contributed by atoms with Crippen LogP contribution in [0.3, 0.4) is 0 Å². The quantitative estimate of drug-likeness (QED) is 0.642. The summed E-state index contributed by atoms with van der Waals surface area (Å²) in [5, 5.41) is 9.72. The molecule has 0 atom stereocenters. The maximum absolute atomic E-state index is 11.0. The summed E-state index contributed by atoms with van der Waals surface area (Å²) in [4.78, 5) is 15.6. The fourth-order valence-corrected chi connectivity index (χ4v) is 2.74. The number of rotatable bonds is 2. The molecule has 2 aromatic carbocycles. The van der Waals surface area contributed by atoms with Crippen LogP contribution in [0.1, 0.15) is 10.4 Å². The molecule has 0 aliphatic carbocycles. The number of aryl methyl sites for hydroxylation is 1. The number of benzene rings is 2. The van der Waals surface area contributed by atoms with Crippen LogP contribution in [0.2, 0.25) is 5.02 Å². The minimum absolute atomic E-state index is 0.229. The number of hydrogen-bond donors (Lipinski definition) is 1. The number of carboxylic acid groups (broad SMARTS) is 1. The molecule has 0 fully saturated rings. The predicted molar refractivity (Wildman–Crippen MR) is 90.8 cm³/mol. The van der Waals surface area contributed by atoms with E-state index in [2.05, 4.69) is 27.6 Å². The third-order valence-electron chi connectivity index (χ3n) is 3.31. The molecular formula is C15H10ClIN2O2. The molecule has 0 amide bonds. The van der Waals surface area contributed by atoms with Gasteiger partial charge >= 0.3 is 5.97 Å². The van der Waals surface area contributed by atoms with Crippen molar-refractivity contribution < 1.29 is 9.90 Å². The number of hydrogen-bond acceptors (Lipinski definition) is 2. The van der Waals surface area contributed by atoms with Crippen molar-refractivity contribution in [3.05, 3.63) is 50.6 Å². The fourth-order valence-electron chi connectivity index (χ4n) is 2.23.